The highest BCUT2D eigenvalue weighted by molar-refractivity contribution is 5.70. The highest BCUT2D eigenvalue weighted by Gasteiger charge is 2.37. The summed E-state index contributed by atoms with van der Waals surface area (Å²) >= 11 is 0. The minimum Gasteiger partial charge on any atom is -0.443 e. The number of nitrogens with two attached hydrogens (primary N) is 1. The monoisotopic (exact) mass is 186 g/mol. The summed E-state index contributed by atoms with van der Waals surface area (Å²) in [7, 11) is 0. The number of ether oxygens (including phenoxy) is 2. The quantitative estimate of drug-likeness (QED) is 0.654. The van der Waals surface area contributed by atoms with E-state index in [0.717, 1.165) is 19.4 Å². The Balaban J connectivity index is 1.95. The van der Waals surface area contributed by atoms with Gasteiger partial charge in [-0.05, 0) is 12.8 Å². The summed E-state index contributed by atoms with van der Waals surface area (Å²) in [5, 5.41) is 0. The molecule has 2 saturated heterocycles. The van der Waals surface area contributed by atoms with E-state index >= 15 is 0 Å². The lowest BCUT2D eigenvalue weighted by Gasteiger charge is -2.19. The first-order chi connectivity index (χ1) is 6.31. The fourth-order valence-corrected chi connectivity index (χ4v) is 1.71. The zero-order chi connectivity index (χ0) is 9.26. The van der Waals surface area contributed by atoms with E-state index in [9.17, 15) is 4.79 Å². The van der Waals surface area contributed by atoms with Gasteiger partial charge in [0.1, 0.15) is 12.3 Å². The van der Waals surface area contributed by atoms with Crippen LogP contribution in [0.1, 0.15) is 12.8 Å². The predicted octanol–water partition coefficient (Wildman–Crippen LogP) is -0.0976. The summed E-state index contributed by atoms with van der Waals surface area (Å²) < 4.78 is 10.4. The molecule has 5 nitrogen and oxygen atoms in total. The van der Waals surface area contributed by atoms with Gasteiger partial charge in [0.05, 0.1) is 6.54 Å². The number of amides is 1. The molecule has 2 N–H and O–H groups in total. The molecule has 2 atom stereocenters. The summed E-state index contributed by atoms with van der Waals surface area (Å²) in [5.74, 6) is 0. The lowest BCUT2D eigenvalue weighted by molar-refractivity contribution is 0.0101. The average molecular weight is 186 g/mol. The van der Waals surface area contributed by atoms with Gasteiger partial charge in [-0.1, -0.05) is 0 Å². The molecule has 2 fully saturated rings. The molecule has 74 valence electrons. The van der Waals surface area contributed by atoms with Gasteiger partial charge in [-0.15, -0.1) is 0 Å². The van der Waals surface area contributed by atoms with Crippen molar-refractivity contribution in [1.29, 1.82) is 0 Å². The molecule has 0 aromatic rings. The van der Waals surface area contributed by atoms with E-state index in [1.807, 2.05) is 0 Å². The Morgan fingerprint density at radius 3 is 3.00 bits per heavy atom. The van der Waals surface area contributed by atoms with E-state index in [-0.39, 0.29) is 18.4 Å². The first kappa shape index (κ1) is 8.77. The van der Waals surface area contributed by atoms with Crippen LogP contribution in [0.4, 0.5) is 4.79 Å². The fourth-order valence-electron chi connectivity index (χ4n) is 1.71. The lowest BCUT2D eigenvalue weighted by atomic mass is 10.3. The molecule has 0 aromatic carbocycles. The summed E-state index contributed by atoms with van der Waals surface area (Å²) in [6.45, 7) is 1.69. The normalized spacial score (nSPS) is 33.9. The summed E-state index contributed by atoms with van der Waals surface area (Å²) in [6.07, 6.45) is 1.40. The standard InChI is InChI=1S/C8H14N2O3/c9-4-6-5-10(8(11)13-6)7-2-1-3-12-7/h6-7H,1-5,9H2/t6-,7?/m0/s1. The molecule has 0 saturated carbocycles. The van der Waals surface area contributed by atoms with Crippen LogP contribution in [0.2, 0.25) is 0 Å². The van der Waals surface area contributed by atoms with Crippen LogP contribution in [0.5, 0.6) is 0 Å². The van der Waals surface area contributed by atoms with Gasteiger partial charge in [0.15, 0.2) is 0 Å². The Labute approximate surface area is 76.8 Å². The van der Waals surface area contributed by atoms with Crippen molar-refractivity contribution in [2.75, 3.05) is 19.7 Å². The van der Waals surface area contributed by atoms with Crippen LogP contribution in [0.15, 0.2) is 0 Å². The Morgan fingerprint density at radius 1 is 1.62 bits per heavy atom. The molecule has 13 heavy (non-hydrogen) atoms. The maximum absolute atomic E-state index is 11.3. The number of hydrogen-bond donors (Lipinski definition) is 1. The average Bonchev–Trinajstić information content (AvgIpc) is 2.72. The zero-order valence-electron chi connectivity index (χ0n) is 7.44. The number of hydrogen-bond acceptors (Lipinski definition) is 4. The molecule has 2 aliphatic rings. The first-order valence-corrected chi connectivity index (χ1v) is 4.60. The summed E-state index contributed by atoms with van der Waals surface area (Å²) in [6, 6.07) is 0. The third kappa shape index (κ3) is 1.62. The smallest absolute Gasteiger partial charge is 0.412 e. The van der Waals surface area contributed by atoms with Crippen molar-refractivity contribution in [3.8, 4) is 0 Å². The summed E-state index contributed by atoms with van der Waals surface area (Å²) in [4.78, 5) is 12.9. The predicted molar refractivity (Wildman–Crippen MR) is 45.0 cm³/mol. The van der Waals surface area contributed by atoms with Crippen LogP contribution >= 0.6 is 0 Å². The van der Waals surface area contributed by atoms with Gasteiger partial charge in [-0.25, -0.2) is 4.79 Å². The number of cyclic esters (lactones) is 1. The largest absolute Gasteiger partial charge is 0.443 e. The van der Waals surface area contributed by atoms with Crippen LogP contribution < -0.4 is 5.73 Å². The number of carbonyl (C=O) groups is 1. The van der Waals surface area contributed by atoms with E-state index in [4.69, 9.17) is 15.2 Å². The number of nitrogens with zero attached hydrogens (tertiary/aromatic N) is 1. The SMILES string of the molecule is NC[C@H]1CN(C2CCCO2)C(=O)O1. The molecule has 1 unspecified atom stereocenters. The molecule has 0 aromatic heterocycles. The van der Waals surface area contributed by atoms with Crippen molar-refractivity contribution in [1.82, 2.24) is 4.90 Å². The Bertz CT molecular complexity index is 204. The fraction of sp³-hybridized carbons (Fsp3) is 0.875. The van der Waals surface area contributed by atoms with Gasteiger partial charge in [0.2, 0.25) is 0 Å². The van der Waals surface area contributed by atoms with Gasteiger partial charge in [0.25, 0.3) is 0 Å². The minimum absolute atomic E-state index is 0.0796. The zero-order valence-corrected chi connectivity index (χ0v) is 7.44. The molecule has 2 rings (SSSR count). The Kier molecular flexibility index (Phi) is 2.37. The molecular weight excluding hydrogens is 172 g/mol. The van der Waals surface area contributed by atoms with Gasteiger partial charge in [-0.3, -0.25) is 4.90 Å². The van der Waals surface area contributed by atoms with Crippen molar-refractivity contribution in [2.45, 2.75) is 25.2 Å². The van der Waals surface area contributed by atoms with Crippen molar-refractivity contribution in [2.24, 2.45) is 5.73 Å². The van der Waals surface area contributed by atoms with E-state index < -0.39 is 0 Å². The van der Waals surface area contributed by atoms with E-state index in [1.54, 1.807) is 4.90 Å². The molecule has 0 aliphatic carbocycles. The van der Waals surface area contributed by atoms with E-state index in [2.05, 4.69) is 0 Å². The minimum atomic E-state index is -0.289. The first-order valence-electron chi connectivity index (χ1n) is 4.60. The highest BCUT2D eigenvalue weighted by Crippen LogP contribution is 2.21. The van der Waals surface area contributed by atoms with Gasteiger partial charge < -0.3 is 15.2 Å². The Morgan fingerprint density at radius 2 is 2.46 bits per heavy atom. The second kappa shape index (κ2) is 3.51. The van der Waals surface area contributed by atoms with Crippen molar-refractivity contribution in [3.63, 3.8) is 0 Å². The van der Waals surface area contributed by atoms with Gasteiger partial charge >= 0.3 is 6.09 Å². The van der Waals surface area contributed by atoms with Crippen molar-refractivity contribution in [3.05, 3.63) is 0 Å². The van der Waals surface area contributed by atoms with Gasteiger partial charge in [-0.2, -0.15) is 0 Å². The molecule has 0 spiro atoms. The van der Waals surface area contributed by atoms with Crippen LogP contribution in [-0.2, 0) is 9.47 Å². The second-order valence-corrected chi connectivity index (χ2v) is 3.36. The van der Waals surface area contributed by atoms with Crippen molar-refractivity contribution >= 4 is 6.09 Å². The molecule has 2 heterocycles. The van der Waals surface area contributed by atoms with E-state index in [1.165, 1.54) is 0 Å². The molecule has 1 amide bonds. The number of carbonyl (C=O) groups excluding carboxylic acids is 1. The second-order valence-electron chi connectivity index (χ2n) is 3.36. The molecule has 5 heteroatoms. The summed E-state index contributed by atoms with van der Waals surface area (Å²) in [5.41, 5.74) is 5.41. The maximum atomic E-state index is 11.3. The Hall–Kier alpha value is -0.810. The van der Waals surface area contributed by atoms with Gasteiger partial charge in [0, 0.05) is 13.2 Å². The molecule has 2 aliphatic heterocycles. The maximum Gasteiger partial charge on any atom is 0.412 e. The molecule has 0 radical (unpaired) electrons. The third-order valence-electron chi connectivity index (χ3n) is 2.42. The third-order valence-corrected chi connectivity index (χ3v) is 2.42. The lowest BCUT2D eigenvalue weighted by Crippen LogP contribution is -2.36. The molecular formula is C8H14N2O3. The van der Waals surface area contributed by atoms with Crippen LogP contribution in [0.25, 0.3) is 0 Å². The van der Waals surface area contributed by atoms with Crippen LogP contribution in [-0.4, -0.2) is 43.0 Å². The van der Waals surface area contributed by atoms with E-state index in [0.29, 0.717) is 13.1 Å². The number of rotatable bonds is 2. The highest BCUT2D eigenvalue weighted by atomic mass is 16.6. The van der Waals surface area contributed by atoms with Crippen molar-refractivity contribution < 1.29 is 14.3 Å². The molecule has 0 bridgehead atoms. The topological polar surface area (TPSA) is 64.8 Å². The van der Waals surface area contributed by atoms with Crippen LogP contribution in [0.3, 0.4) is 0 Å². The van der Waals surface area contributed by atoms with Crippen LogP contribution in [0, 0.1) is 0 Å².